The van der Waals surface area contributed by atoms with Gasteiger partial charge in [-0.05, 0) is 70.8 Å². The molecule has 0 unspecified atom stereocenters. The van der Waals surface area contributed by atoms with E-state index in [4.69, 9.17) is 14.4 Å². The molecule has 0 aliphatic carbocycles. The molecule has 10 rings (SSSR count). The summed E-state index contributed by atoms with van der Waals surface area (Å²) < 4.78 is 9.90. The van der Waals surface area contributed by atoms with Gasteiger partial charge in [0.15, 0.2) is 0 Å². The smallest absolute Gasteiger partial charge is 0.143 e. The van der Waals surface area contributed by atoms with Crippen molar-refractivity contribution >= 4 is 96.3 Å². The third kappa shape index (κ3) is 3.46. The molecule has 0 fully saturated rings. The van der Waals surface area contributed by atoms with Crippen LogP contribution in [-0.4, -0.2) is 9.97 Å². The molecule has 10 aromatic rings. The average molecular weight is 585 g/mol. The summed E-state index contributed by atoms with van der Waals surface area (Å²) in [5.41, 5.74) is 9.31. The molecule has 4 aromatic heterocycles. The van der Waals surface area contributed by atoms with Crippen molar-refractivity contribution in [2.45, 2.75) is 0 Å². The first-order chi connectivity index (χ1) is 21.3. The van der Waals surface area contributed by atoms with E-state index >= 15 is 0 Å². The monoisotopic (exact) mass is 584 g/mol. The Balaban J connectivity index is 1.14. The second kappa shape index (κ2) is 8.71. The summed E-state index contributed by atoms with van der Waals surface area (Å²) in [6.07, 6.45) is 0. The molecule has 6 aromatic carbocycles. The number of thiophene rings is 2. The Labute approximate surface area is 253 Å². The molecule has 200 valence electrons. The van der Waals surface area contributed by atoms with E-state index < -0.39 is 0 Å². The Hall–Kier alpha value is -5.10. The van der Waals surface area contributed by atoms with Crippen LogP contribution in [0.3, 0.4) is 0 Å². The number of hydrogen-bond acceptors (Lipinski definition) is 5. The lowest BCUT2D eigenvalue weighted by Gasteiger charge is -2.05. The van der Waals surface area contributed by atoms with E-state index in [1.807, 2.05) is 23.5 Å². The highest BCUT2D eigenvalue weighted by Gasteiger charge is 2.15. The van der Waals surface area contributed by atoms with Crippen molar-refractivity contribution in [3.05, 3.63) is 121 Å². The van der Waals surface area contributed by atoms with E-state index in [2.05, 4.69) is 109 Å². The largest absolute Gasteiger partial charge is 0.456 e. The quantitative estimate of drug-likeness (QED) is 0.203. The maximum absolute atomic E-state index is 6.05. The first-order valence-electron chi connectivity index (χ1n) is 14.2. The molecule has 0 aliphatic heterocycles. The molecule has 43 heavy (non-hydrogen) atoms. The molecule has 4 heterocycles. The maximum Gasteiger partial charge on any atom is 0.143 e. The number of hydrogen-bond donors (Lipinski definition) is 0. The van der Waals surface area contributed by atoms with Crippen molar-refractivity contribution in [1.29, 1.82) is 0 Å². The number of para-hydroxylation sites is 1. The predicted molar refractivity (Wildman–Crippen MR) is 183 cm³/mol. The highest BCUT2D eigenvalue weighted by Crippen LogP contribution is 2.42. The van der Waals surface area contributed by atoms with Crippen LogP contribution in [0, 0.1) is 0 Å². The van der Waals surface area contributed by atoms with Gasteiger partial charge in [0.1, 0.15) is 21.5 Å². The molecular weight excluding hydrogens is 565 g/mol. The van der Waals surface area contributed by atoms with Gasteiger partial charge in [0.25, 0.3) is 0 Å². The third-order valence-electron chi connectivity index (χ3n) is 8.50. The van der Waals surface area contributed by atoms with Gasteiger partial charge in [0.2, 0.25) is 0 Å². The zero-order valence-electron chi connectivity index (χ0n) is 22.7. The number of fused-ring (bicyclic) bond motifs is 10. The Bertz CT molecular complexity index is 2750. The molecule has 0 amide bonds. The number of rotatable bonds is 2. The Morgan fingerprint density at radius 3 is 2.19 bits per heavy atom. The second-order valence-corrected chi connectivity index (χ2v) is 13.1. The zero-order chi connectivity index (χ0) is 28.1. The predicted octanol–water partition coefficient (Wildman–Crippen LogP) is 11.6. The molecule has 3 nitrogen and oxygen atoms in total. The van der Waals surface area contributed by atoms with Crippen LogP contribution in [0.15, 0.2) is 126 Å². The molecule has 0 aliphatic rings. The first-order valence-corrected chi connectivity index (χ1v) is 15.9. The lowest BCUT2D eigenvalue weighted by Crippen LogP contribution is -1.86. The van der Waals surface area contributed by atoms with E-state index in [-0.39, 0.29) is 0 Å². The van der Waals surface area contributed by atoms with Crippen LogP contribution in [0.4, 0.5) is 0 Å². The lowest BCUT2D eigenvalue weighted by atomic mass is 10.0. The number of benzene rings is 6. The SMILES string of the molecule is c1ccc2c(c1)oc1ccc(-c3ccc4nc5sc6ccc(-c7cccc8c7sc7ccccc78)cc6c5nc4c3)cc12. The van der Waals surface area contributed by atoms with Crippen LogP contribution in [-0.2, 0) is 0 Å². The standard InChI is InChI=1S/C38H20N2OS2/c1-3-10-32-25(6-1)28-18-21(13-16-33(28)41-32)22-12-15-30-31(20-22)39-36-29-19-23(14-17-35(29)43-38(36)40-30)24-8-5-9-27-26-7-2-4-11-34(26)42-37(24)27/h1-20H. The summed E-state index contributed by atoms with van der Waals surface area (Å²) in [4.78, 5) is 11.2. The lowest BCUT2D eigenvalue weighted by molar-refractivity contribution is 0.669. The number of nitrogens with zero attached hydrogens (tertiary/aromatic N) is 2. The van der Waals surface area contributed by atoms with E-state index in [0.29, 0.717) is 0 Å². The van der Waals surface area contributed by atoms with Gasteiger partial charge in [-0.1, -0.05) is 72.8 Å². The Kier molecular flexibility index (Phi) is 4.75. The highest BCUT2D eigenvalue weighted by atomic mass is 32.1. The number of furan rings is 1. The summed E-state index contributed by atoms with van der Waals surface area (Å²) >= 11 is 3.58. The van der Waals surface area contributed by atoms with Gasteiger partial charge in [-0.15, -0.1) is 22.7 Å². The Morgan fingerprint density at radius 1 is 0.465 bits per heavy atom. The molecule has 0 saturated heterocycles. The second-order valence-electron chi connectivity index (χ2n) is 11.0. The molecule has 0 atom stereocenters. The van der Waals surface area contributed by atoms with Crippen molar-refractivity contribution in [1.82, 2.24) is 9.97 Å². The average Bonchev–Trinajstić information content (AvgIpc) is 3.73. The van der Waals surface area contributed by atoms with Crippen LogP contribution in [0.25, 0.3) is 95.8 Å². The van der Waals surface area contributed by atoms with Gasteiger partial charge in [-0.25, -0.2) is 9.97 Å². The first kappa shape index (κ1) is 23.5. The van der Waals surface area contributed by atoms with Gasteiger partial charge < -0.3 is 4.42 Å². The van der Waals surface area contributed by atoms with E-state index in [1.165, 1.54) is 36.0 Å². The van der Waals surface area contributed by atoms with Crippen molar-refractivity contribution < 1.29 is 4.42 Å². The minimum atomic E-state index is 0.902. The van der Waals surface area contributed by atoms with E-state index in [0.717, 1.165) is 59.8 Å². The van der Waals surface area contributed by atoms with Crippen LogP contribution in [0.2, 0.25) is 0 Å². The summed E-state index contributed by atoms with van der Waals surface area (Å²) in [7, 11) is 0. The molecular formula is C38H20N2OS2. The Morgan fingerprint density at radius 2 is 1.21 bits per heavy atom. The summed E-state index contributed by atoms with van der Waals surface area (Å²) in [5, 5.41) is 6.04. The fourth-order valence-corrected chi connectivity index (χ4v) is 8.66. The van der Waals surface area contributed by atoms with E-state index in [1.54, 1.807) is 11.3 Å². The normalized spacial score (nSPS) is 12.2. The van der Waals surface area contributed by atoms with Crippen LogP contribution < -0.4 is 0 Å². The van der Waals surface area contributed by atoms with Crippen LogP contribution >= 0.6 is 22.7 Å². The third-order valence-corrected chi connectivity index (χ3v) is 10.8. The zero-order valence-corrected chi connectivity index (χ0v) is 24.3. The highest BCUT2D eigenvalue weighted by molar-refractivity contribution is 7.26. The van der Waals surface area contributed by atoms with Crippen molar-refractivity contribution in [3.63, 3.8) is 0 Å². The van der Waals surface area contributed by atoms with Crippen LogP contribution in [0.1, 0.15) is 0 Å². The van der Waals surface area contributed by atoms with E-state index in [9.17, 15) is 0 Å². The molecule has 0 radical (unpaired) electrons. The maximum atomic E-state index is 6.05. The molecule has 5 heteroatoms. The number of aromatic nitrogens is 2. The summed E-state index contributed by atoms with van der Waals surface area (Å²) in [5.74, 6) is 0. The fraction of sp³-hybridized carbons (Fsp3) is 0. The van der Waals surface area contributed by atoms with Gasteiger partial charge in [0, 0.05) is 41.0 Å². The van der Waals surface area contributed by atoms with Crippen molar-refractivity contribution in [3.8, 4) is 22.3 Å². The van der Waals surface area contributed by atoms with Gasteiger partial charge in [-0.2, -0.15) is 0 Å². The van der Waals surface area contributed by atoms with Gasteiger partial charge in [0.05, 0.1) is 11.0 Å². The van der Waals surface area contributed by atoms with Crippen LogP contribution in [0.5, 0.6) is 0 Å². The summed E-state index contributed by atoms with van der Waals surface area (Å²) in [6.45, 7) is 0. The van der Waals surface area contributed by atoms with Crippen molar-refractivity contribution in [2.75, 3.05) is 0 Å². The van der Waals surface area contributed by atoms with Gasteiger partial charge >= 0.3 is 0 Å². The minimum Gasteiger partial charge on any atom is -0.456 e. The molecule has 0 spiro atoms. The fourth-order valence-electron chi connectivity index (χ4n) is 6.42. The topological polar surface area (TPSA) is 38.9 Å². The van der Waals surface area contributed by atoms with Crippen molar-refractivity contribution in [2.24, 2.45) is 0 Å². The molecule has 0 N–H and O–H groups in total. The molecule has 0 bridgehead atoms. The molecule has 0 saturated carbocycles. The van der Waals surface area contributed by atoms with Gasteiger partial charge in [-0.3, -0.25) is 0 Å². The summed E-state index contributed by atoms with van der Waals surface area (Å²) in [6, 6.07) is 43.1. The minimum absolute atomic E-state index is 0.902.